The van der Waals surface area contributed by atoms with E-state index in [2.05, 4.69) is 23.1 Å². The van der Waals surface area contributed by atoms with Gasteiger partial charge in [0.05, 0.1) is 0 Å². The zero-order chi connectivity index (χ0) is 11.7. The topological polar surface area (TPSA) is 29.9 Å². The Kier molecular flexibility index (Phi) is 3.19. The Hall–Kier alpha value is -0.830. The van der Waals surface area contributed by atoms with Crippen LogP contribution in [0.15, 0.2) is 6.20 Å². The number of imidazole rings is 1. The third kappa shape index (κ3) is 2.13. The van der Waals surface area contributed by atoms with Crippen LogP contribution in [-0.4, -0.2) is 22.6 Å². The highest BCUT2D eigenvalue weighted by Gasteiger charge is 2.25. The molecule has 1 aliphatic carbocycles. The maximum atomic E-state index is 4.71. The van der Waals surface area contributed by atoms with Crippen molar-refractivity contribution >= 4 is 0 Å². The third-order valence-electron chi connectivity index (χ3n) is 4.50. The Balaban J connectivity index is 1.80. The lowest BCUT2D eigenvalue weighted by atomic mass is 9.98. The lowest BCUT2D eigenvalue weighted by Crippen LogP contribution is -2.30. The van der Waals surface area contributed by atoms with Gasteiger partial charge < -0.3 is 9.88 Å². The predicted octanol–water partition coefficient (Wildman–Crippen LogP) is 2.54. The standard InChI is InChI=1S/C14H23N3/c1-17-13(11-5-2-3-6-11)10-16-14(17)12-7-4-8-15-9-12/h10-12,15H,2-9H2,1H3. The second kappa shape index (κ2) is 4.81. The van der Waals surface area contributed by atoms with Crippen LogP contribution in [-0.2, 0) is 7.05 Å². The largest absolute Gasteiger partial charge is 0.335 e. The van der Waals surface area contributed by atoms with Crippen molar-refractivity contribution in [1.29, 1.82) is 0 Å². The third-order valence-corrected chi connectivity index (χ3v) is 4.50. The summed E-state index contributed by atoms with van der Waals surface area (Å²) in [7, 11) is 2.21. The summed E-state index contributed by atoms with van der Waals surface area (Å²) in [6, 6.07) is 0. The van der Waals surface area contributed by atoms with Crippen LogP contribution in [0.1, 0.15) is 61.9 Å². The van der Waals surface area contributed by atoms with Crippen LogP contribution in [0.4, 0.5) is 0 Å². The smallest absolute Gasteiger partial charge is 0.113 e. The SMILES string of the molecule is Cn1c(C2CCCC2)cnc1C1CCCNC1. The van der Waals surface area contributed by atoms with E-state index >= 15 is 0 Å². The minimum Gasteiger partial charge on any atom is -0.335 e. The normalized spacial score (nSPS) is 26.5. The highest BCUT2D eigenvalue weighted by atomic mass is 15.1. The van der Waals surface area contributed by atoms with E-state index < -0.39 is 0 Å². The summed E-state index contributed by atoms with van der Waals surface area (Å²) >= 11 is 0. The summed E-state index contributed by atoms with van der Waals surface area (Å²) in [4.78, 5) is 4.71. The number of hydrogen-bond acceptors (Lipinski definition) is 2. The highest BCUT2D eigenvalue weighted by molar-refractivity contribution is 5.15. The van der Waals surface area contributed by atoms with Gasteiger partial charge in [-0.1, -0.05) is 12.8 Å². The van der Waals surface area contributed by atoms with E-state index in [0.717, 1.165) is 12.5 Å². The fourth-order valence-corrected chi connectivity index (χ4v) is 3.49. The average Bonchev–Trinajstić information content (AvgIpc) is 2.99. The number of rotatable bonds is 2. The minimum atomic E-state index is 0.629. The number of piperidine rings is 1. The van der Waals surface area contributed by atoms with Crippen LogP contribution in [0.25, 0.3) is 0 Å². The van der Waals surface area contributed by atoms with Crippen LogP contribution in [0.3, 0.4) is 0 Å². The van der Waals surface area contributed by atoms with Gasteiger partial charge in [0.25, 0.3) is 0 Å². The van der Waals surface area contributed by atoms with Gasteiger partial charge in [0.1, 0.15) is 5.82 Å². The molecule has 0 spiro atoms. The zero-order valence-electron chi connectivity index (χ0n) is 10.8. The van der Waals surface area contributed by atoms with Crippen LogP contribution >= 0.6 is 0 Å². The number of nitrogens with zero attached hydrogens (tertiary/aromatic N) is 2. The molecule has 0 aromatic carbocycles. The zero-order valence-corrected chi connectivity index (χ0v) is 10.8. The molecule has 94 valence electrons. The molecular formula is C14H23N3. The Bertz CT molecular complexity index is 371. The van der Waals surface area contributed by atoms with Crippen LogP contribution in [0.5, 0.6) is 0 Å². The highest BCUT2D eigenvalue weighted by Crippen LogP contribution is 2.35. The molecule has 1 unspecified atom stereocenters. The molecule has 1 N–H and O–H groups in total. The van der Waals surface area contributed by atoms with Crippen molar-refractivity contribution in [3.05, 3.63) is 17.7 Å². The summed E-state index contributed by atoms with van der Waals surface area (Å²) in [5, 5.41) is 3.49. The molecular weight excluding hydrogens is 210 g/mol. The van der Waals surface area contributed by atoms with Crippen LogP contribution in [0, 0.1) is 0 Å². The number of nitrogens with one attached hydrogen (secondary N) is 1. The fourth-order valence-electron chi connectivity index (χ4n) is 3.49. The van der Waals surface area contributed by atoms with Crippen molar-refractivity contribution in [2.45, 2.75) is 50.4 Å². The Labute approximate surface area is 104 Å². The quantitative estimate of drug-likeness (QED) is 0.850. The average molecular weight is 233 g/mol. The molecule has 3 rings (SSSR count). The molecule has 0 amide bonds. The lowest BCUT2D eigenvalue weighted by molar-refractivity contribution is 0.436. The first-order chi connectivity index (χ1) is 8.36. The van der Waals surface area contributed by atoms with Gasteiger partial charge in [-0.05, 0) is 32.2 Å². The van der Waals surface area contributed by atoms with Crippen molar-refractivity contribution in [1.82, 2.24) is 14.9 Å². The molecule has 3 nitrogen and oxygen atoms in total. The van der Waals surface area contributed by atoms with Gasteiger partial charge in [0.2, 0.25) is 0 Å². The minimum absolute atomic E-state index is 0.629. The van der Waals surface area contributed by atoms with Gasteiger partial charge >= 0.3 is 0 Å². The molecule has 1 atom stereocenters. The maximum Gasteiger partial charge on any atom is 0.113 e. The second-order valence-electron chi connectivity index (χ2n) is 5.62. The summed E-state index contributed by atoms with van der Waals surface area (Å²) in [5.74, 6) is 2.71. The summed E-state index contributed by atoms with van der Waals surface area (Å²) in [5.41, 5.74) is 1.48. The lowest BCUT2D eigenvalue weighted by Gasteiger charge is -2.23. The van der Waals surface area contributed by atoms with E-state index in [9.17, 15) is 0 Å². The van der Waals surface area contributed by atoms with E-state index in [1.165, 1.54) is 56.6 Å². The van der Waals surface area contributed by atoms with E-state index in [4.69, 9.17) is 4.98 Å². The van der Waals surface area contributed by atoms with Gasteiger partial charge in [0, 0.05) is 37.3 Å². The van der Waals surface area contributed by atoms with Gasteiger partial charge in [-0.15, -0.1) is 0 Å². The molecule has 1 saturated heterocycles. The Morgan fingerprint density at radius 3 is 2.65 bits per heavy atom. The van der Waals surface area contributed by atoms with Crippen LogP contribution < -0.4 is 5.32 Å². The van der Waals surface area contributed by atoms with Gasteiger partial charge in [-0.2, -0.15) is 0 Å². The van der Waals surface area contributed by atoms with E-state index in [0.29, 0.717) is 5.92 Å². The first-order valence-corrected chi connectivity index (χ1v) is 7.08. The van der Waals surface area contributed by atoms with Gasteiger partial charge in [0.15, 0.2) is 0 Å². The molecule has 2 aliphatic rings. The molecule has 17 heavy (non-hydrogen) atoms. The van der Waals surface area contributed by atoms with Crippen molar-refractivity contribution in [3.63, 3.8) is 0 Å². The van der Waals surface area contributed by atoms with Crippen molar-refractivity contribution in [2.24, 2.45) is 7.05 Å². The predicted molar refractivity (Wildman–Crippen MR) is 69.3 cm³/mol. The molecule has 1 aliphatic heterocycles. The molecule has 3 heteroatoms. The summed E-state index contributed by atoms with van der Waals surface area (Å²) < 4.78 is 2.38. The molecule has 0 radical (unpaired) electrons. The van der Waals surface area contributed by atoms with Crippen molar-refractivity contribution < 1.29 is 0 Å². The maximum absolute atomic E-state index is 4.71. The molecule has 2 fully saturated rings. The van der Waals surface area contributed by atoms with Crippen molar-refractivity contribution in [3.8, 4) is 0 Å². The Morgan fingerprint density at radius 1 is 1.18 bits per heavy atom. The van der Waals surface area contributed by atoms with Crippen LogP contribution in [0.2, 0.25) is 0 Å². The van der Waals surface area contributed by atoms with E-state index in [1.54, 1.807) is 0 Å². The molecule has 1 saturated carbocycles. The number of aromatic nitrogens is 2. The van der Waals surface area contributed by atoms with Gasteiger partial charge in [-0.3, -0.25) is 0 Å². The fraction of sp³-hybridized carbons (Fsp3) is 0.786. The van der Waals surface area contributed by atoms with E-state index in [-0.39, 0.29) is 0 Å². The summed E-state index contributed by atoms with van der Waals surface area (Å²) in [6.45, 7) is 2.28. The van der Waals surface area contributed by atoms with Gasteiger partial charge in [-0.25, -0.2) is 4.98 Å². The molecule has 1 aromatic heterocycles. The summed E-state index contributed by atoms with van der Waals surface area (Å²) in [6.07, 6.45) is 10.2. The van der Waals surface area contributed by atoms with E-state index in [1.807, 2.05) is 0 Å². The van der Waals surface area contributed by atoms with Crippen molar-refractivity contribution in [2.75, 3.05) is 13.1 Å². The molecule has 2 heterocycles. The molecule has 0 bridgehead atoms. The number of hydrogen-bond donors (Lipinski definition) is 1. The second-order valence-corrected chi connectivity index (χ2v) is 5.62. The first-order valence-electron chi connectivity index (χ1n) is 7.08. The first kappa shape index (κ1) is 11.3. The monoisotopic (exact) mass is 233 g/mol. The molecule has 1 aromatic rings. The Morgan fingerprint density at radius 2 is 1.94 bits per heavy atom.